The second kappa shape index (κ2) is 12.0. The molecule has 226 valence electrons. The molecule has 4 rings (SSSR count). The van der Waals surface area contributed by atoms with E-state index in [0.29, 0.717) is 16.2 Å². The maximum atomic E-state index is 13.9. The van der Waals surface area contributed by atoms with Crippen LogP contribution in [0.2, 0.25) is 0 Å². The summed E-state index contributed by atoms with van der Waals surface area (Å²) in [6, 6.07) is 8.13. The zero-order valence-corrected chi connectivity index (χ0v) is 24.9. The number of imide groups is 1. The van der Waals surface area contributed by atoms with Gasteiger partial charge >= 0.3 is 12.3 Å². The predicted molar refractivity (Wildman–Crippen MR) is 155 cm³/mol. The number of carboxylic acid groups (broad SMARTS) is 1. The summed E-state index contributed by atoms with van der Waals surface area (Å²) in [7, 11) is 1.12. The van der Waals surface area contributed by atoms with Gasteiger partial charge in [-0.3, -0.25) is 14.4 Å². The standard InChI is InChI=1S/C29H27BrF3N5O5/c1-5-15(2)34-27-35-23-14-37(25(40)18-8-11-22(30)21(13-18)29(31,32)33)16(3)12-20(23)26(41)38(27)19-9-6-17(7-10-19)24(39)36(4)28(42)43/h5-11,13,15-16H,1,12,14H2,2-4H3,(H,34,35)(H,42,43)/t15?,16-/m1/s1. The van der Waals surface area contributed by atoms with Crippen LogP contribution in [-0.2, 0) is 19.1 Å². The summed E-state index contributed by atoms with van der Waals surface area (Å²) >= 11 is 2.89. The number of benzene rings is 2. The molecule has 43 heavy (non-hydrogen) atoms. The van der Waals surface area contributed by atoms with Gasteiger partial charge < -0.3 is 15.3 Å². The second-order valence-electron chi connectivity index (χ2n) is 10.0. The SMILES string of the molecule is C=CC(C)Nc1nc2c(c(=O)n1-c1ccc(C(=O)N(C)C(=O)O)cc1)C[C@@H](C)N(C(=O)c1ccc(Br)c(C(F)(F)F)c1)C2. The minimum absolute atomic E-state index is 0.0889. The van der Waals surface area contributed by atoms with Crippen molar-refractivity contribution in [2.45, 2.75) is 45.1 Å². The molecule has 3 amide bonds. The van der Waals surface area contributed by atoms with E-state index < -0.39 is 41.2 Å². The number of alkyl halides is 3. The third kappa shape index (κ3) is 6.33. The molecule has 0 aliphatic carbocycles. The van der Waals surface area contributed by atoms with Gasteiger partial charge in [-0.05, 0) is 62.7 Å². The second-order valence-corrected chi connectivity index (χ2v) is 10.9. The van der Waals surface area contributed by atoms with Crippen LogP contribution in [0.25, 0.3) is 5.69 Å². The highest BCUT2D eigenvalue weighted by Gasteiger charge is 2.36. The molecule has 14 heteroatoms. The van der Waals surface area contributed by atoms with Gasteiger partial charge in [-0.25, -0.2) is 19.2 Å². The topological polar surface area (TPSA) is 125 Å². The molecule has 0 saturated heterocycles. The Balaban J connectivity index is 1.75. The van der Waals surface area contributed by atoms with Gasteiger partial charge in [-0.1, -0.05) is 22.0 Å². The lowest BCUT2D eigenvalue weighted by atomic mass is 9.98. The third-order valence-electron chi connectivity index (χ3n) is 7.07. The number of hydrogen-bond acceptors (Lipinski definition) is 6. The van der Waals surface area contributed by atoms with Crippen molar-refractivity contribution < 1.29 is 32.7 Å². The molecule has 0 saturated carbocycles. The van der Waals surface area contributed by atoms with Gasteiger partial charge in [0.1, 0.15) is 0 Å². The fraction of sp³-hybridized carbons (Fsp3) is 0.276. The molecule has 1 aliphatic heterocycles. The lowest BCUT2D eigenvalue weighted by Crippen LogP contribution is -2.46. The van der Waals surface area contributed by atoms with Crippen LogP contribution < -0.4 is 10.9 Å². The van der Waals surface area contributed by atoms with Crippen LogP contribution >= 0.6 is 15.9 Å². The number of aromatic nitrogens is 2. The number of carbonyl (C=O) groups is 3. The van der Waals surface area contributed by atoms with E-state index in [1.165, 1.54) is 45.9 Å². The molecule has 1 unspecified atom stereocenters. The molecule has 2 atom stereocenters. The summed E-state index contributed by atoms with van der Waals surface area (Å²) in [5, 5.41) is 12.2. The van der Waals surface area contributed by atoms with E-state index >= 15 is 0 Å². The number of amides is 3. The van der Waals surface area contributed by atoms with Gasteiger partial charge in [-0.15, -0.1) is 6.58 Å². The van der Waals surface area contributed by atoms with Crippen LogP contribution in [-0.4, -0.2) is 61.5 Å². The van der Waals surface area contributed by atoms with Crippen LogP contribution in [0.1, 0.15) is 51.4 Å². The van der Waals surface area contributed by atoms with E-state index in [-0.39, 0.29) is 46.2 Å². The van der Waals surface area contributed by atoms with Crippen LogP contribution in [0, 0.1) is 0 Å². The van der Waals surface area contributed by atoms with Crippen molar-refractivity contribution in [2.75, 3.05) is 12.4 Å². The summed E-state index contributed by atoms with van der Waals surface area (Å²) in [6.07, 6.45) is -4.41. The number of nitrogens with one attached hydrogen (secondary N) is 1. The van der Waals surface area contributed by atoms with E-state index in [4.69, 9.17) is 5.11 Å². The van der Waals surface area contributed by atoms with E-state index in [1.807, 2.05) is 0 Å². The average molecular weight is 662 g/mol. The van der Waals surface area contributed by atoms with E-state index in [0.717, 1.165) is 13.1 Å². The zero-order valence-electron chi connectivity index (χ0n) is 23.3. The largest absolute Gasteiger partial charge is 0.465 e. The van der Waals surface area contributed by atoms with Gasteiger partial charge in [0, 0.05) is 40.3 Å². The van der Waals surface area contributed by atoms with Gasteiger partial charge in [-0.2, -0.15) is 13.2 Å². The molecule has 2 aromatic carbocycles. The lowest BCUT2D eigenvalue weighted by Gasteiger charge is -2.35. The molecular weight excluding hydrogens is 635 g/mol. The Kier molecular flexibility index (Phi) is 8.81. The summed E-state index contributed by atoms with van der Waals surface area (Å²) in [6.45, 7) is 7.09. The first-order valence-corrected chi connectivity index (χ1v) is 13.8. The molecule has 10 nitrogen and oxygen atoms in total. The maximum Gasteiger partial charge on any atom is 0.417 e. The number of halogens is 4. The van der Waals surface area contributed by atoms with Crippen molar-refractivity contribution in [3.63, 3.8) is 0 Å². The third-order valence-corrected chi connectivity index (χ3v) is 7.76. The quantitative estimate of drug-likeness (QED) is 0.342. The molecule has 1 aliphatic rings. The molecule has 0 radical (unpaired) electrons. The molecule has 0 fully saturated rings. The van der Waals surface area contributed by atoms with Crippen molar-refractivity contribution >= 4 is 39.8 Å². The van der Waals surface area contributed by atoms with Gasteiger partial charge in [0.25, 0.3) is 17.4 Å². The first-order chi connectivity index (χ1) is 20.1. The Morgan fingerprint density at radius 2 is 1.81 bits per heavy atom. The number of anilines is 1. The Hall–Kier alpha value is -4.46. The van der Waals surface area contributed by atoms with Crippen molar-refractivity contribution in [2.24, 2.45) is 0 Å². The van der Waals surface area contributed by atoms with Crippen molar-refractivity contribution in [1.29, 1.82) is 0 Å². The number of fused-ring (bicyclic) bond motifs is 1. The van der Waals surface area contributed by atoms with E-state index in [9.17, 15) is 32.3 Å². The zero-order chi connectivity index (χ0) is 31.8. The molecule has 0 spiro atoms. The first-order valence-electron chi connectivity index (χ1n) is 13.0. The van der Waals surface area contributed by atoms with Crippen LogP contribution in [0.5, 0.6) is 0 Å². The summed E-state index contributed by atoms with van der Waals surface area (Å²) in [4.78, 5) is 57.4. The van der Waals surface area contributed by atoms with E-state index in [1.54, 1.807) is 19.9 Å². The molecule has 3 aromatic rings. The molecule has 2 heterocycles. The molecule has 1 aromatic heterocycles. The molecular formula is C29H27BrF3N5O5. The highest BCUT2D eigenvalue weighted by atomic mass is 79.9. The van der Waals surface area contributed by atoms with Crippen molar-refractivity contribution in [3.8, 4) is 5.69 Å². The number of carbonyl (C=O) groups excluding carboxylic acids is 2. The smallest absolute Gasteiger partial charge is 0.417 e. The Morgan fingerprint density at radius 3 is 2.40 bits per heavy atom. The summed E-state index contributed by atoms with van der Waals surface area (Å²) < 4.78 is 41.6. The monoisotopic (exact) mass is 661 g/mol. The summed E-state index contributed by atoms with van der Waals surface area (Å²) in [5.74, 6) is -1.27. The Labute approximate surface area is 252 Å². The fourth-order valence-corrected chi connectivity index (χ4v) is 5.08. The maximum absolute atomic E-state index is 13.9. The normalized spacial score (nSPS) is 15.3. The van der Waals surface area contributed by atoms with Crippen molar-refractivity contribution in [1.82, 2.24) is 19.4 Å². The van der Waals surface area contributed by atoms with E-state index in [2.05, 4.69) is 32.8 Å². The highest BCUT2D eigenvalue weighted by molar-refractivity contribution is 9.10. The number of rotatable bonds is 6. The van der Waals surface area contributed by atoms with Gasteiger partial charge in [0.05, 0.1) is 23.5 Å². The van der Waals surface area contributed by atoms with Gasteiger partial charge in [0.15, 0.2) is 0 Å². The van der Waals surface area contributed by atoms with Crippen LogP contribution in [0.3, 0.4) is 0 Å². The molecule has 0 bridgehead atoms. The minimum atomic E-state index is -4.66. The Morgan fingerprint density at radius 1 is 1.19 bits per heavy atom. The highest BCUT2D eigenvalue weighted by Crippen LogP contribution is 2.36. The Bertz CT molecular complexity index is 1670. The van der Waals surface area contributed by atoms with Crippen molar-refractivity contribution in [3.05, 3.63) is 97.9 Å². The fourth-order valence-electron chi connectivity index (χ4n) is 4.60. The number of nitrogens with zero attached hydrogens (tertiary/aromatic N) is 4. The summed E-state index contributed by atoms with van der Waals surface area (Å²) in [5.41, 5.74) is -0.522. The number of hydrogen-bond donors (Lipinski definition) is 2. The minimum Gasteiger partial charge on any atom is -0.465 e. The lowest BCUT2D eigenvalue weighted by molar-refractivity contribution is -0.138. The average Bonchev–Trinajstić information content (AvgIpc) is 2.96. The predicted octanol–water partition coefficient (Wildman–Crippen LogP) is 5.34. The molecule has 2 N–H and O–H groups in total. The van der Waals surface area contributed by atoms with Gasteiger partial charge in [0.2, 0.25) is 5.95 Å². The first kappa shape index (κ1) is 31.5. The van der Waals surface area contributed by atoms with Crippen LogP contribution in [0.15, 0.2) is 64.4 Å². The van der Waals surface area contributed by atoms with Crippen LogP contribution in [0.4, 0.5) is 23.9 Å².